The molecule has 2 aromatic rings. The van der Waals surface area contributed by atoms with Crippen molar-refractivity contribution in [2.45, 2.75) is 19.3 Å². The lowest BCUT2D eigenvalue weighted by molar-refractivity contribution is 0.658. The topological polar surface area (TPSA) is 25.8 Å². The molecule has 2 heterocycles. The van der Waals surface area contributed by atoms with Crippen LogP contribution >= 0.6 is 23.2 Å². The van der Waals surface area contributed by atoms with Crippen LogP contribution in [0.3, 0.4) is 0 Å². The van der Waals surface area contributed by atoms with Crippen molar-refractivity contribution in [3.63, 3.8) is 0 Å². The summed E-state index contributed by atoms with van der Waals surface area (Å²) in [6.07, 6.45) is 0. The molecular weight excluding hydrogens is 255 g/mol. The summed E-state index contributed by atoms with van der Waals surface area (Å²) in [6.45, 7) is 4.31. The molecule has 0 radical (unpaired) electrons. The Morgan fingerprint density at radius 1 is 0.824 bits per heavy atom. The van der Waals surface area contributed by atoms with Crippen LogP contribution in [0.15, 0.2) is 24.3 Å². The molecule has 0 fully saturated rings. The van der Waals surface area contributed by atoms with E-state index in [-0.39, 0.29) is 5.41 Å². The molecule has 0 spiro atoms. The van der Waals surface area contributed by atoms with Crippen molar-refractivity contribution in [3.8, 4) is 11.4 Å². The van der Waals surface area contributed by atoms with Gasteiger partial charge in [0.15, 0.2) is 0 Å². The molecule has 0 aliphatic heterocycles. The molecule has 2 aromatic heterocycles. The fourth-order valence-electron chi connectivity index (χ4n) is 2.39. The van der Waals surface area contributed by atoms with E-state index in [1.807, 2.05) is 24.3 Å². The van der Waals surface area contributed by atoms with Gasteiger partial charge in [0.1, 0.15) is 10.3 Å². The first-order chi connectivity index (χ1) is 8.00. The van der Waals surface area contributed by atoms with Gasteiger partial charge in [-0.2, -0.15) is 0 Å². The number of hydrogen-bond acceptors (Lipinski definition) is 2. The molecule has 0 unspecified atom stereocenters. The lowest BCUT2D eigenvalue weighted by Gasteiger charge is -2.20. The standard InChI is InChI=1S/C13H10Cl2N2/c1-13(2)7-3-5-9(14)16-11(7)12-8(13)4-6-10(15)17-12/h3-6H,1-2H3. The van der Waals surface area contributed by atoms with E-state index in [4.69, 9.17) is 23.2 Å². The van der Waals surface area contributed by atoms with Gasteiger partial charge < -0.3 is 0 Å². The zero-order chi connectivity index (χ0) is 12.2. The zero-order valence-electron chi connectivity index (χ0n) is 9.46. The summed E-state index contributed by atoms with van der Waals surface area (Å²) in [7, 11) is 0. The quantitative estimate of drug-likeness (QED) is 0.670. The second-order valence-corrected chi connectivity index (χ2v) is 5.46. The van der Waals surface area contributed by atoms with Crippen LogP contribution in [0.25, 0.3) is 11.4 Å². The summed E-state index contributed by atoms with van der Waals surface area (Å²) in [6, 6.07) is 7.66. The first-order valence-corrected chi connectivity index (χ1v) is 6.10. The Labute approximate surface area is 110 Å². The van der Waals surface area contributed by atoms with Crippen LogP contribution in [0.1, 0.15) is 25.0 Å². The normalized spacial score (nSPS) is 15.5. The number of fused-ring (bicyclic) bond motifs is 3. The fraction of sp³-hybridized carbons (Fsp3) is 0.231. The van der Waals surface area contributed by atoms with E-state index in [9.17, 15) is 0 Å². The molecule has 4 heteroatoms. The number of pyridine rings is 2. The maximum absolute atomic E-state index is 5.95. The van der Waals surface area contributed by atoms with Crippen LogP contribution in [0.4, 0.5) is 0 Å². The van der Waals surface area contributed by atoms with Crippen molar-refractivity contribution < 1.29 is 0 Å². The predicted molar refractivity (Wildman–Crippen MR) is 69.6 cm³/mol. The third-order valence-electron chi connectivity index (χ3n) is 3.29. The van der Waals surface area contributed by atoms with Gasteiger partial charge in [0, 0.05) is 5.41 Å². The van der Waals surface area contributed by atoms with Crippen molar-refractivity contribution in [2.75, 3.05) is 0 Å². The number of halogens is 2. The van der Waals surface area contributed by atoms with Crippen LogP contribution < -0.4 is 0 Å². The van der Waals surface area contributed by atoms with Crippen molar-refractivity contribution in [3.05, 3.63) is 45.7 Å². The average Bonchev–Trinajstić information content (AvgIpc) is 2.47. The van der Waals surface area contributed by atoms with Gasteiger partial charge in [-0.15, -0.1) is 0 Å². The van der Waals surface area contributed by atoms with E-state index in [0.29, 0.717) is 10.3 Å². The Hall–Kier alpha value is -1.12. The number of hydrogen-bond donors (Lipinski definition) is 0. The fourth-order valence-corrected chi connectivity index (χ4v) is 2.68. The highest BCUT2D eigenvalue weighted by atomic mass is 35.5. The smallest absolute Gasteiger partial charge is 0.129 e. The van der Waals surface area contributed by atoms with Crippen LogP contribution in [0.2, 0.25) is 10.3 Å². The number of nitrogens with zero attached hydrogens (tertiary/aromatic N) is 2. The van der Waals surface area contributed by atoms with Gasteiger partial charge in [-0.3, -0.25) is 0 Å². The lowest BCUT2D eigenvalue weighted by atomic mass is 9.83. The molecular formula is C13H10Cl2N2. The molecule has 0 saturated heterocycles. The Kier molecular flexibility index (Phi) is 2.22. The molecule has 1 aliphatic rings. The van der Waals surface area contributed by atoms with Crippen molar-refractivity contribution in [1.82, 2.24) is 9.97 Å². The summed E-state index contributed by atoms with van der Waals surface area (Å²) in [4.78, 5) is 8.75. The molecule has 3 rings (SSSR count). The van der Waals surface area contributed by atoms with E-state index in [1.54, 1.807) is 0 Å². The minimum atomic E-state index is -0.0974. The molecule has 0 atom stereocenters. The third-order valence-corrected chi connectivity index (χ3v) is 3.71. The summed E-state index contributed by atoms with van der Waals surface area (Å²) in [5.74, 6) is 0. The molecule has 0 amide bonds. The molecule has 1 aliphatic carbocycles. The SMILES string of the molecule is CC1(C)c2ccc(Cl)nc2-c2nc(Cl)ccc21. The van der Waals surface area contributed by atoms with Crippen LogP contribution in [-0.4, -0.2) is 9.97 Å². The molecule has 0 saturated carbocycles. The van der Waals surface area contributed by atoms with E-state index in [0.717, 1.165) is 22.5 Å². The average molecular weight is 265 g/mol. The van der Waals surface area contributed by atoms with Crippen LogP contribution in [0.5, 0.6) is 0 Å². The van der Waals surface area contributed by atoms with Crippen LogP contribution in [0, 0.1) is 0 Å². The van der Waals surface area contributed by atoms with Gasteiger partial charge in [-0.1, -0.05) is 49.2 Å². The van der Waals surface area contributed by atoms with Gasteiger partial charge in [-0.25, -0.2) is 9.97 Å². The van der Waals surface area contributed by atoms with E-state index in [2.05, 4.69) is 23.8 Å². The Bertz CT molecular complexity index is 567. The maximum atomic E-state index is 5.95. The molecule has 0 aromatic carbocycles. The minimum absolute atomic E-state index is 0.0974. The Morgan fingerprint density at radius 3 is 1.65 bits per heavy atom. The first kappa shape index (κ1) is 11.0. The Balaban J connectivity index is 2.39. The van der Waals surface area contributed by atoms with Gasteiger partial charge in [0.2, 0.25) is 0 Å². The monoisotopic (exact) mass is 264 g/mol. The highest BCUT2D eigenvalue weighted by Gasteiger charge is 2.37. The van der Waals surface area contributed by atoms with E-state index < -0.39 is 0 Å². The van der Waals surface area contributed by atoms with Crippen molar-refractivity contribution >= 4 is 23.2 Å². The van der Waals surface area contributed by atoms with Gasteiger partial charge >= 0.3 is 0 Å². The number of aromatic nitrogens is 2. The zero-order valence-corrected chi connectivity index (χ0v) is 11.0. The minimum Gasteiger partial charge on any atom is -0.234 e. The van der Waals surface area contributed by atoms with Gasteiger partial charge in [-0.05, 0) is 23.3 Å². The second kappa shape index (κ2) is 3.44. The van der Waals surface area contributed by atoms with Crippen molar-refractivity contribution in [1.29, 1.82) is 0 Å². The summed E-state index contributed by atoms with van der Waals surface area (Å²) in [5.41, 5.74) is 3.89. The van der Waals surface area contributed by atoms with E-state index >= 15 is 0 Å². The largest absolute Gasteiger partial charge is 0.234 e. The third kappa shape index (κ3) is 1.48. The van der Waals surface area contributed by atoms with Gasteiger partial charge in [0.25, 0.3) is 0 Å². The molecule has 0 N–H and O–H groups in total. The molecule has 17 heavy (non-hydrogen) atoms. The highest BCUT2D eigenvalue weighted by molar-refractivity contribution is 6.30. The second-order valence-electron chi connectivity index (χ2n) is 4.69. The highest BCUT2D eigenvalue weighted by Crippen LogP contribution is 2.47. The van der Waals surface area contributed by atoms with Crippen molar-refractivity contribution in [2.24, 2.45) is 0 Å². The first-order valence-electron chi connectivity index (χ1n) is 5.34. The van der Waals surface area contributed by atoms with Crippen LogP contribution in [-0.2, 0) is 5.41 Å². The molecule has 0 bridgehead atoms. The number of rotatable bonds is 0. The van der Waals surface area contributed by atoms with E-state index in [1.165, 1.54) is 0 Å². The summed E-state index contributed by atoms with van der Waals surface area (Å²) < 4.78 is 0. The summed E-state index contributed by atoms with van der Waals surface area (Å²) in [5, 5.41) is 0.961. The summed E-state index contributed by atoms with van der Waals surface area (Å²) >= 11 is 11.9. The molecule has 86 valence electrons. The lowest BCUT2D eigenvalue weighted by Crippen LogP contribution is -2.15. The predicted octanol–water partition coefficient (Wildman–Crippen LogP) is 4.09. The van der Waals surface area contributed by atoms with Gasteiger partial charge in [0.05, 0.1) is 11.4 Å². The maximum Gasteiger partial charge on any atom is 0.129 e. The molecule has 2 nitrogen and oxygen atoms in total. The Morgan fingerprint density at radius 2 is 1.24 bits per heavy atom.